The van der Waals surface area contributed by atoms with Crippen molar-refractivity contribution < 1.29 is 4.74 Å². The maximum absolute atomic E-state index is 5.82. The van der Waals surface area contributed by atoms with E-state index in [0.29, 0.717) is 11.6 Å². The van der Waals surface area contributed by atoms with Crippen LogP contribution in [-0.4, -0.2) is 4.98 Å². The standard InChI is InChI=1S/C14H16N2O/c1-10-9-16-14(8-13(10)15)17-11(2)12-6-4-3-5-7-12/h3-9,11H,1-2H3,(H2,15,16). The summed E-state index contributed by atoms with van der Waals surface area (Å²) in [4.78, 5) is 4.20. The normalized spacial score (nSPS) is 12.1. The number of nitrogens with zero attached hydrogens (tertiary/aromatic N) is 1. The van der Waals surface area contributed by atoms with Crippen LogP contribution in [0.3, 0.4) is 0 Å². The third kappa shape index (κ3) is 2.75. The van der Waals surface area contributed by atoms with Gasteiger partial charge in [-0.2, -0.15) is 0 Å². The van der Waals surface area contributed by atoms with Crippen LogP contribution in [0.25, 0.3) is 0 Å². The number of aryl methyl sites for hydroxylation is 1. The summed E-state index contributed by atoms with van der Waals surface area (Å²) in [7, 11) is 0. The second kappa shape index (κ2) is 4.87. The van der Waals surface area contributed by atoms with Crippen LogP contribution in [0.1, 0.15) is 24.2 Å². The smallest absolute Gasteiger partial charge is 0.215 e. The average molecular weight is 228 g/mol. The maximum Gasteiger partial charge on any atom is 0.215 e. The fourth-order valence-corrected chi connectivity index (χ4v) is 1.56. The van der Waals surface area contributed by atoms with Crippen LogP contribution >= 0.6 is 0 Å². The lowest BCUT2D eigenvalue weighted by atomic mass is 10.1. The summed E-state index contributed by atoms with van der Waals surface area (Å²) in [6.45, 7) is 3.92. The summed E-state index contributed by atoms with van der Waals surface area (Å²) in [6, 6.07) is 11.8. The zero-order valence-corrected chi connectivity index (χ0v) is 10.1. The van der Waals surface area contributed by atoms with Gasteiger partial charge in [-0.15, -0.1) is 0 Å². The molecule has 0 aliphatic carbocycles. The first-order chi connectivity index (χ1) is 8.16. The predicted molar refractivity (Wildman–Crippen MR) is 68.9 cm³/mol. The quantitative estimate of drug-likeness (QED) is 0.878. The number of anilines is 1. The van der Waals surface area contributed by atoms with Crippen LogP contribution in [0.5, 0.6) is 5.88 Å². The molecule has 0 aliphatic rings. The van der Waals surface area contributed by atoms with Crippen LogP contribution < -0.4 is 10.5 Å². The van der Waals surface area contributed by atoms with E-state index in [1.807, 2.05) is 44.2 Å². The van der Waals surface area contributed by atoms with Gasteiger partial charge in [0, 0.05) is 18.0 Å². The number of ether oxygens (including phenoxy) is 1. The average Bonchev–Trinajstić information content (AvgIpc) is 2.35. The van der Waals surface area contributed by atoms with Gasteiger partial charge in [-0.05, 0) is 25.0 Å². The first-order valence-corrected chi connectivity index (χ1v) is 5.60. The molecular weight excluding hydrogens is 212 g/mol. The van der Waals surface area contributed by atoms with Crippen molar-refractivity contribution in [2.24, 2.45) is 0 Å². The highest BCUT2D eigenvalue weighted by atomic mass is 16.5. The number of nitrogen functional groups attached to an aromatic ring is 1. The van der Waals surface area contributed by atoms with Crippen LogP contribution in [0.15, 0.2) is 42.6 Å². The second-order valence-corrected chi connectivity index (χ2v) is 4.05. The highest BCUT2D eigenvalue weighted by Crippen LogP contribution is 2.22. The van der Waals surface area contributed by atoms with Crippen molar-refractivity contribution in [3.63, 3.8) is 0 Å². The summed E-state index contributed by atoms with van der Waals surface area (Å²) < 4.78 is 5.75. The zero-order chi connectivity index (χ0) is 12.3. The molecule has 2 N–H and O–H groups in total. The molecule has 0 aliphatic heterocycles. The molecule has 0 saturated carbocycles. The molecule has 1 unspecified atom stereocenters. The first kappa shape index (κ1) is 11.5. The third-order valence-electron chi connectivity index (χ3n) is 2.69. The van der Waals surface area contributed by atoms with Gasteiger partial charge in [-0.25, -0.2) is 4.98 Å². The van der Waals surface area contributed by atoms with E-state index in [1.165, 1.54) is 0 Å². The molecule has 17 heavy (non-hydrogen) atoms. The number of rotatable bonds is 3. The second-order valence-electron chi connectivity index (χ2n) is 4.05. The van der Waals surface area contributed by atoms with Gasteiger partial charge in [0.05, 0.1) is 0 Å². The molecule has 0 amide bonds. The van der Waals surface area contributed by atoms with Crippen LogP contribution in [0.4, 0.5) is 5.69 Å². The summed E-state index contributed by atoms with van der Waals surface area (Å²) in [5.74, 6) is 0.560. The van der Waals surface area contributed by atoms with Crippen molar-refractivity contribution in [2.45, 2.75) is 20.0 Å². The molecule has 1 atom stereocenters. The summed E-state index contributed by atoms with van der Waals surface area (Å²) in [5, 5.41) is 0. The molecule has 2 aromatic rings. The Balaban J connectivity index is 2.13. The fraction of sp³-hybridized carbons (Fsp3) is 0.214. The van der Waals surface area contributed by atoms with Crippen molar-refractivity contribution in [1.82, 2.24) is 4.98 Å². The number of aromatic nitrogens is 1. The topological polar surface area (TPSA) is 48.1 Å². The van der Waals surface area contributed by atoms with Gasteiger partial charge in [0.2, 0.25) is 5.88 Å². The zero-order valence-electron chi connectivity index (χ0n) is 10.1. The van der Waals surface area contributed by atoms with E-state index in [0.717, 1.165) is 11.1 Å². The first-order valence-electron chi connectivity index (χ1n) is 5.60. The van der Waals surface area contributed by atoms with Gasteiger partial charge in [0.15, 0.2) is 0 Å². The Kier molecular flexibility index (Phi) is 3.28. The fourth-order valence-electron chi connectivity index (χ4n) is 1.56. The molecule has 0 fully saturated rings. The molecule has 1 heterocycles. The summed E-state index contributed by atoms with van der Waals surface area (Å²) in [5.41, 5.74) is 8.60. The molecular formula is C14H16N2O. The summed E-state index contributed by atoms with van der Waals surface area (Å²) in [6.07, 6.45) is 1.69. The minimum absolute atomic E-state index is 0.0363. The molecule has 3 nitrogen and oxygen atoms in total. The SMILES string of the molecule is Cc1cnc(OC(C)c2ccccc2)cc1N. The van der Waals surface area contributed by atoms with E-state index in [2.05, 4.69) is 4.98 Å². The molecule has 1 aromatic heterocycles. The molecule has 0 saturated heterocycles. The third-order valence-corrected chi connectivity index (χ3v) is 2.69. The number of hydrogen-bond acceptors (Lipinski definition) is 3. The van der Waals surface area contributed by atoms with Crippen LogP contribution in [0, 0.1) is 6.92 Å². The molecule has 88 valence electrons. The number of pyridine rings is 1. The lowest BCUT2D eigenvalue weighted by Crippen LogP contribution is -2.04. The molecule has 2 rings (SSSR count). The van der Waals surface area contributed by atoms with Gasteiger partial charge in [-0.3, -0.25) is 0 Å². The van der Waals surface area contributed by atoms with Gasteiger partial charge >= 0.3 is 0 Å². The van der Waals surface area contributed by atoms with Gasteiger partial charge in [0.1, 0.15) is 6.10 Å². The Bertz CT molecular complexity index is 497. The largest absolute Gasteiger partial charge is 0.470 e. The van der Waals surface area contributed by atoms with Crippen LogP contribution in [-0.2, 0) is 0 Å². The molecule has 3 heteroatoms. The van der Waals surface area contributed by atoms with Crippen molar-refractivity contribution in [3.8, 4) is 5.88 Å². The maximum atomic E-state index is 5.82. The lowest BCUT2D eigenvalue weighted by Gasteiger charge is -2.14. The van der Waals surface area contributed by atoms with Gasteiger partial charge in [0.25, 0.3) is 0 Å². The molecule has 0 radical (unpaired) electrons. The van der Waals surface area contributed by atoms with Crippen molar-refractivity contribution in [1.29, 1.82) is 0 Å². The van der Waals surface area contributed by atoms with E-state index < -0.39 is 0 Å². The van der Waals surface area contributed by atoms with E-state index in [4.69, 9.17) is 10.5 Å². The van der Waals surface area contributed by atoms with E-state index in [-0.39, 0.29) is 6.10 Å². The van der Waals surface area contributed by atoms with E-state index >= 15 is 0 Å². The number of hydrogen-bond donors (Lipinski definition) is 1. The van der Waals surface area contributed by atoms with Gasteiger partial charge in [-0.1, -0.05) is 30.3 Å². The van der Waals surface area contributed by atoms with Crippen molar-refractivity contribution in [2.75, 3.05) is 5.73 Å². The molecule has 0 bridgehead atoms. The molecule has 0 spiro atoms. The van der Waals surface area contributed by atoms with Gasteiger partial charge < -0.3 is 10.5 Å². The highest BCUT2D eigenvalue weighted by Gasteiger charge is 2.08. The van der Waals surface area contributed by atoms with E-state index in [9.17, 15) is 0 Å². The van der Waals surface area contributed by atoms with Crippen LogP contribution in [0.2, 0.25) is 0 Å². The van der Waals surface area contributed by atoms with E-state index in [1.54, 1.807) is 12.3 Å². The van der Waals surface area contributed by atoms with Crippen molar-refractivity contribution in [3.05, 3.63) is 53.7 Å². The number of nitrogens with two attached hydrogens (primary N) is 1. The summed E-state index contributed by atoms with van der Waals surface area (Å²) >= 11 is 0. The van der Waals surface area contributed by atoms with Crippen molar-refractivity contribution >= 4 is 5.69 Å². The molecule has 1 aromatic carbocycles. The minimum Gasteiger partial charge on any atom is -0.470 e. The highest BCUT2D eigenvalue weighted by molar-refractivity contribution is 5.47. The lowest BCUT2D eigenvalue weighted by molar-refractivity contribution is 0.217. The Morgan fingerprint density at radius 3 is 2.59 bits per heavy atom. The Morgan fingerprint density at radius 1 is 1.24 bits per heavy atom. The Labute approximate surface area is 101 Å². The predicted octanol–water partition coefficient (Wildman–Crippen LogP) is 3.11. The number of benzene rings is 1. The Morgan fingerprint density at radius 2 is 1.94 bits per heavy atom. The minimum atomic E-state index is -0.0363. The Hall–Kier alpha value is -2.03. The monoisotopic (exact) mass is 228 g/mol.